The molecule has 1 heterocycles. The number of benzene rings is 1. The van der Waals surface area contributed by atoms with Crippen LogP contribution in [-0.2, 0) is 14.3 Å². The fourth-order valence-electron chi connectivity index (χ4n) is 1.91. The highest BCUT2D eigenvalue weighted by Crippen LogP contribution is 2.35. The molecule has 1 aromatic rings. The minimum atomic E-state index is -0.819. The Morgan fingerprint density at radius 3 is 2.67 bits per heavy atom. The number of hydrogen-bond donors (Lipinski definition) is 1. The maximum atomic E-state index is 11.9. The third-order valence-electron chi connectivity index (χ3n) is 2.94. The second kappa shape index (κ2) is 7.65. The SMILES string of the molecule is COC(=O)[C@H](CSc1ccc2c(c1)OCO2)NC(=O)OC(C)(C)C. The van der Waals surface area contributed by atoms with Crippen molar-refractivity contribution in [3.63, 3.8) is 0 Å². The molecule has 7 nitrogen and oxygen atoms in total. The second-order valence-corrected chi connectivity index (χ2v) is 7.14. The van der Waals surface area contributed by atoms with Crippen molar-refractivity contribution in [3.8, 4) is 11.5 Å². The summed E-state index contributed by atoms with van der Waals surface area (Å²) in [7, 11) is 1.28. The fraction of sp³-hybridized carbons (Fsp3) is 0.500. The van der Waals surface area contributed by atoms with Crippen LogP contribution < -0.4 is 14.8 Å². The molecule has 1 aliphatic rings. The molecule has 2 rings (SSSR count). The van der Waals surface area contributed by atoms with Gasteiger partial charge >= 0.3 is 12.1 Å². The van der Waals surface area contributed by atoms with Gasteiger partial charge in [0, 0.05) is 10.6 Å². The standard InChI is InChI=1S/C16H21NO6S/c1-16(2,3)23-15(19)17-11(14(18)20-4)8-24-10-5-6-12-13(7-10)22-9-21-12/h5-7,11H,8-9H2,1-4H3,(H,17,19)/t11-/m0/s1. The van der Waals surface area contributed by atoms with Gasteiger partial charge in [0.25, 0.3) is 0 Å². The number of carbonyl (C=O) groups is 2. The highest BCUT2D eigenvalue weighted by molar-refractivity contribution is 7.99. The molecule has 0 aromatic heterocycles. The summed E-state index contributed by atoms with van der Waals surface area (Å²) < 4.78 is 20.5. The summed E-state index contributed by atoms with van der Waals surface area (Å²) in [5, 5.41) is 2.53. The van der Waals surface area contributed by atoms with Crippen molar-refractivity contribution in [1.29, 1.82) is 0 Å². The van der Waals surface area contributed by atoms with Gasteiger partial charge in [-0.2, -0.15) is 0 Å². The van der Waals surface area contributed by atoms with Gasteiger partial charge < -0.3 is 24.3 Å². The highest BCUT2D eigenvalue weighted by Gasteiger charge is 2.25. The van der Waals surface area contributed by atoms with E-state index in [1.165, 1.54) is 18.9 Å². The average molecular weight is 355 g/mol. The molecule has 1 amide bonds. The minimum Gasteiger partial charge on any atom is -0.467 e. The van der Waals surface area contributed by atoms with Crippen LogP contribution in [0.1, 0.15) is 20.8 Å². The molecule has 0 aliphatic carbocycles. The van der Waals surface area contributed by atoms with Crippen LogP contribution in [0.5, 0.6) is 11.5 Å². The summed E-state index contributed by atoms with van der Waals surface area (Å²) in [5.41, 5.74) is -0.644. The van der Waals surface area contributed by atoms with Gasteiger partial charge in [-0.1, -0.05) is 0 Å². The maximum Gasteiger partial charge on any atom is 0.408 e. The Bertz CT molecular complexity index is 613. The number of thioether (sulfide) groups is 1. The quantitative estimate of drug-likeness (QED) is 0.642. The van der Waals surface area contributed by atoms with E-state index in [1.54, 1.807) is 26.8 Å². The Morgan fingerprint density at radius 2 is 2.00 bits per heavy atom. The molecular weight excluding hydrogens is 334 g/mol. The number of hydrogen-bond acceptors (Lipinski definition) is 7. The lowest BCUT2D eigenvalue weighted by atomic mass is 10.2. The number of carbonyl (C=O) groups excluding carboxylic acids is 2. The lowest BCUT2D eigenvalue weighted by Crippen LogP contribution is -2.45. The normalized spacial score (nSPS) is 14.0. The van der Waals surface area contributed by atoms with E-state index in [4.69, 9.17) is 18.9 Å². The van der Waals surface area contributed by atoms with E-state index in [9.17, 15) is 9.59 Å². The van der Waals surface area contributed by atoms with E-state index in [1.807, 2.05) is 12.1 Å². The van der Waals surface area contributed by atoms with Gasteiger partial charge in [0.1, 0.15) is 11.6 Å². The van der Waals surface area contributed by atoms with Crippen LogP contribution in [0.15, 0.2) is 23.1 Å². The number of amides is 1. The van der Waals surface area contributed by atoms with Crippen molar-refractivity contribution in [2.75, 3.05) is 19.7 Å². The molecule has 0 fully saturated rings. The summed E-state index contributed by atoms with van der Waals surface area (Å²) in [4.78, 5) is 24.6. The van der Waals surface area contributed by atoms with Gasteiger partial charge in [0.05, 0.1) is 7.11 Å². The number of esters is 1. The summed E-state index contributed by atoms with van der Waals surface area (Å²) in [6, 6.07) is 4.67. The molecule has 1 atom stereocenters. The molecule has 8 heteroatoms. The van der Waals surface area contributed by atoms with Gasteiger partial charge in [0.15, 0.2) is 11.5 Å². The van der Waals surface area contributed by atoms with Crippen LogP contribution in [0.2, 0.25) is 0 Å². The number of rotatable bonds is 5. The first-order valence-electron chi connectivity index (χ1n) is 7.38. The Balaban J connectivity index is 1.96. The van der Waals surface area contributed by atoms with Crippen LogP contribution in [0.3, 0.4) is 0 Å². The van der Waals surface area contributed by atoms with Crippen LogP contribution in [0.25, 0.3) is 0 Å². The Hall–Kier alpha value is -2.09. The number of alkyl carbamates (subject to hydrolysis) is 1. The third kappa shape index (κ3) is 5.23. The Labute approximate surface area is 145 Å². The molecule has 0 radical (unpaired) electrons. The summed E-state index contributed by atoms with van der Waals surface area (Å²) in [6.45, 7) is 5.46. The smallest absolute Gasteiger partial charge is 0.408 e. The van der Waals surface area contributed by atoms with E-state index in [0.29, 0.717) is 17.3 Å². The predicted molar refractivity (Wildman–Crippen MR) is 88.5 cm³/mol. The van der Waals surface area contributed by atoms with Crippen molar-refractivity contribution >= 4 is 23.8 Å². The molecule has 1 aliphatic heterocycles. The number of methoxy groups -OCH3 is 1. The van der Waals surface area contributed by atoms with Gasteiger partial charge in [-0.15, -0.1) is 11.8 Å². The molecule has 24 heavy (non-hydrogen) atoms. The largest absolute Gasteiger partial charge is 0.467 e. The van der Waals surface area contributed by atoms with Crippen LogP contribution in [-0.4, -0.2) is 43.4 Å². The molecule has 1 aromatic carbocycles. The molecule has 0 bridgehead atoms. The zero-order chi connectivity index (χ0) is 17.7. The molecule has 0 unspecified atom stereocenters. The van der Waals surface area contributed by atoms with Gasteiger partial charge in [-0.3, -0.25) is 0 Å². The van der Waals surface area contributed by atoms with Gasteiger partial charge in [-0.05, 0) is 39.0 Å². The third-order valence-corrected chi connectivity index (χ3v) is 4.02. The molecule has 0 saturated carbocycles. The van der Waals surface area contributed by atoms with Gasteiger partial charge in [-0.25, -0.2) is 9.59 Å². The molecule has 1 N–H and O–H groups in total. The van der Waals surface area contributed by atoms with E-state index in [-0.39, 0.29) is 6.79 Å². The zero-order valence-corrected chi connectivity index (χ0v) is 14.9. The lowest BCUT2D eigenvalue weighted by molar-refractivity contribution is -0.142. The first-order valence-corrected chi connectivity index (χ1v) is 8.37. The Morgan fingerprint density at radius 1 is 1.29 bits per heavy atom. The topological polar surface area (TPSA) is 83.1 Å². The zero-order valence-electron chi connectivity index (χ0n) is 14.1. The summed E-state index contributed by atoms with van der Waals surface area (Å²) in [6.07, 6.45) is -0.663. The van der Waals surface area contributed by atoms with E-state index in [2.05, 4.69) is 5.32 Å². The van der Waals surface area contributed by atoms with Crippen molar-refractivity contribution in [3.05, 3.63) is 18.2 Å². The van der Waals surface area contributed by atoms with Crippen molar-refractivity contribution in [1.82, 2.24) is 5.32 Å². The Kier molecular flexibility index (Phi) is 5.82. The number of nitrogens with one attached hydrogen (secondary N) is 1. The van der Waals surface area contributed by atoms with Crippen molar-refractivity contribution in [2.24, 2.45) is 0 Å². The maximum absolute atomic E-state index is 11.9. The number of fused-ring (bicyclic) bond motifs is 1. The minimum absolute atomic E-state index is 0.203. The first-order chi connectivity index (χ1) is 11.3. The van der Waals surface area contributed by atoms with E-state index >= 15 is 0 Å². The first kappa shape index (κ1) is 18.3. The number of ether oxygens (including phenoxy) is 4. The van der Waals surface area contributed by atoms with Crippen LogP contribution in [0.4, 0.5) is 4.79 Å². The second-order valence-electron chi connectivity index (χ2n) is 6.05. The van der Waals surface area contributed by atoms with Crippen molar-refractivity contribution in [2.45, 2.75) is 37.3 Å². The van der Waals surface area contributed by atoms with Crippen molar-refractivity contribution < 1.29 is 28.5 Å². The monoisotopic (exact) mass is 355 g/mol. The highest BCUT2D eigenvalue weighted by atomic mass is 32.2. The lowest BCUT2D eigenvalue weighted by Gasteiger charge is -2.22. The predicted octanol–water partition coefficient (Wildman–Crippen LogP) is 2.57. The molecular formula is C16H21NO6S. The van der Waals surface area contributed by atoms with Crippen LogP contribution >= 0.6 is 11.8 Å². The summed E-state index contributed by atoms with van der Waals surface area (Å²) in [5.74, 6) is 1.12. The van der Waals surface area contributed by atoms with E-state index < -0.39 is 23.7 Å². The average Bonchev–Trinajstić information content (AvgIpc) is 2.96. The fourth-order valence-corrected chi connectivity index (χ4v) is 2.84. The molecule has 0 saturated heterocycles. The summed E-state index contributed by atoms with van der Waals surface area (Å²) >= 11 is 1.39. The van der Waals surface area contributed by atoms with Crippen LogP contribution in [0, 0.1) is 0 Å². The van der Waals surface area contributed by atoms with E-state index in [0.717, 1.165) is 4.90 Å². The molecule has 132 valence electrons. The van der Waals surface area contributed by atoms with Gasteiger partial charge in [0.2, 0.25) is 6.79 Å². The molecule has 0 spiro atoms.